The first kappa shape index (κ1) is 15.2. The summed E-state index contributed by atoms with van der Waals surface area (Å²) >= 11 is 6.79. The molecule has 0 aliphatic rings. The fourth-order valence-electron chi connectivity index (χ4n) is 1.83. The molecule has 0 N–H and O–H groups in total. The van der Waals surface area contributed by atoms with Crippen LogP contribution in [0.25, 0.3) is 0 Å². The Labute approximate surface area is 135 Å². The maximum atomic E-state index is 12.3. The van der Waals surface area contributed by atoms with Crippen molar-refractivity contribution in [2.45, 2.75) is 6.42 Å². The summed E-state index contributed by atoms with van der Waals surface area (Å²) in [6.45, 7) is 0.639. The van der Waals surface area contributed by atoms with Crippen molar-refractivity contribution in [1.82, 2.24) is 9.88 Å². The maximum absolute atomic E-state index is 12.3. The van der Waals surface area contributed by atoms with E-state index < -0.39 is 0 Å². The average Bonchev–Trinajstić information content (AvgIpc) is 2.44. The van der Waals surface area contributed by atoms with Crippen LogP contribution in [0.3, 0.4) is 0 Å². The van der Waals surface area contributed by atoms with Gasteiger partial charge < -0.3 is 4.90 Å². The monoisotopic (exact) mass is 396 g/mol. The van der Waals surface area contributed by atoms with Gasteiger partial charge in [0.05, 0.1) is 0 Å². The maximum Gasteiger partial charge on any atom is 0.253 e. The molecule has 1 heterocycles. The summed E-state index contributed by atoms with van der Waals surface area (Å²) in [7, 11) is 1.81. The second-order valence-corrected chi connectivity index (χ2v) is 6.29. The lowest BCUT2D eigenvalue weighted by Crippen LogP contribution is -2.29. The summed E-state index contributed by atoms with van der Waals surface area (Å²) in [5, 5.41) is 0. The fourth-order valence-corrected chi connectivity index (χ4v) is 3.12. The molecular weight excluding hydrogens is 384 g/mol. The van der Waals surface area contributed by atoms with Gasteiger partial charge in [-0.25, -0.2) is 0 Å². The van der Waals surface area contributed by atoms with Crippen LogP contribution in [-0.2, 0) is 6.42 Å². The van der Waals surface area contributed by atoms with E-state index in [1.807, 2.05) is 36.4 Å². The molecule has 0 spiro atoms. The molecule has 20 heavy (non-hydrogen) atoms. The minimum Gasteiger partial charge on any atom is -0.341 e. The first-order valence-corrected chi connectivity index (χ1v) is 7.76. The van der Waals surface area contributed by atoms with Gasteiger partial charge in [-0.3, -0.25) is 9.78 Å². The van der Waals surface area contributed by atoms with Gasteiger partial charge in [-0.05, 0) is 30.3 Å². The smallest absolute Gasteiger partial charge is 0.253 e. The van der Waals surface area contributed by atoms with Crippen LogP contribution >= 0.6 is 31.9 Å². The van der Waals surface area contributed by atoms with Crippen LogP contribution in [0.15, 0.2) is 51.5 Å². The Bertz CT molecular complexity index is 582. The molecule has 0 saturated carbocycles. The number of hydrogen-bond acceptors (Lipinski definition) is 2. The first-order chi connectivity index (χ1) is 9.56. The number of pyridine rings is 1. The zero-order valence-electron chi connectivity index (χ0n) is 11.0. The number of benzene rings is 1. The molecule has 0 radical (unpaired) electrons. The van der Waals surface area contributed by atoms with E-state index in [0.29, 0.717) is 12.1 Å². The van der Waals surface area contributed by atoms with Crippen molar-refractivity contribution < 1.29 is 4.79 Å². The quantitative estimate of drug-likeness (QED) is 0.783. The van der Waals surface area contributed by atoms with Gasteiger partial charge in [0.25, 0.3) is 5.91 Å². The fraction of sp³-hybridized carbons (Fsp3) is 0.200. The molecule has 0 fully saturated rings. The van der Waals surface area contributed by atoms with Gasteiger partial charge in [0.1, 0.15) is 0 Å². The number of hydrogen-bond donors (Lipinski definition) is 0. The van der Waals surface area contributed by atoms with Crippen molar-refractivity contribution in [3.63, 3.8) is 0 Å². The number of likely N-dealkylation sites (N-methyl/N-ethyl adjacent to an activating group) is 1. The second kappa shape index (κ2) is 6.99. The third kappa shape index (κ3) is 4.15. The molecule has 0 aliphatic heterocycles. The van der Waals surface area contributed by atoms with E-state index in [4.69, 9.17) is 0 Å². The Morgan fingerprint density at radius 3 is 2.50 bits per heavy atom. The SMILES string of the molecule is CN(CCc1ccccn1)C(=O)c1cc(Br)cc(Br)c1. The van der Waals surface area contributed by atoms with Crippen LogP contribution in [0.5, 0.6) is 0 Å². The zero-order chi connectivity index (χ0) is 14.5. The van der Waals surface area contributed by atoms with E-state index in [9.17, 15) is 4.79 Å². The molecule has 0 unspecified atom stereocenters. The molecule has 104 valence electrons. The number of amides is 1. The first-order valence-electron chi connectivity index (χ1n) is 6.18. The molecule has 0 atom stereocenters. The van der Waals surface area contributed by atoms with E-state index in [1.54, 1.807) is 18.1 Å². The van der Waals surface area contributed by atoms with Gasteiger partial charge in [-0.1, -0.05) is 37.9 Å². The van der Waals surface area contributed by atoms with E-state index in [2.05, 4.69) is 36.8 Å². The Balaban J connectivity index is 2.01. The largest absolute Gasteiger partial charge is 0.341 e. The number of nitrogens with zero attached hydrogens (tertiary/aromatic N) is 2. The third-order valence-electron chi connectivity index (χ3n) is 2.89. The summed E-state index contributed by atoms with van der Waals surface area (Å²) < 4.78 is 1.77. The number of rotatable bonds is 4. The van der Waals surface area contributed by atoms with Gasteiger partial charge in [-0.2, -0.15) is 0 Å². The molecule has 0 saturated heterocycles. The predicted molar refractivity (Wildman–Crippen MR) is 86.7 cm³/mol. The molecule has 0 aliphatic carbocycles. The Hall–Kier alpha value is -1.20. The van der Waals surface area contributed by atoms with Crippen LogP contribution in [0.1, 0.15) is 16.1 Å². The molecule has 3 nitrogen and oxygen atoms in total. The van der Waals surface area contributed by atoms with Crippen molar-refractivity contribution in [3.05, 3.63) is 62.8 Å². The zero-order valence-corrected chi connectivity index (χ0v) is 14.2. The number of carbonyl (C=O) groups excluding carboxylic acids is 1. The lowest BCUT2D eigenvalue weighted by atomic mass is 10.2. The molecular formula is C15H14Br2N2O. The Morgan fingerprint density at radius 1 is 1.20 bits per heavy atom. The van der Waals surface area contributed by atoms with Crippen LogP contribution in [0.2, 0.25) is 0 Å². The van der Waals surface area contributed by atoms with E-state index >= 15 is 0 Å². The van der Waals surface area contributed by atoms with Crippen molar-refractivity contribution >= 4 is 37.8 Å². The van der Waals surface area contributed by atoms with E-state index in [0.717, 1.165) is 21.1 Å². The highest BCUT2D eigenvalue weighted by molar-refractivity contribution is 9.11. The highest BCUT2D eigenvalue weighted by atomic mass is 79.9. The second-order valence-electron chi connectivity index (χ2n) is 4.46. The van der Waals surface area contributed by atoms with Crippen molar-refractivity contribution in [2.24, 2.45) is 0 Å². The molecule has 2 rings (SSSR count). The van der Waals surface area contributed by atoms with Gasteiger partial charge in [0, 0.05) is 46.4 Å². The summed E-state index contributed by atoms with van der Waals surface area (Å²) in [5.41, 5.74) is 1.65. The molecule has 1 aromatic carbocycles. The topological polar surface area (TPSA) is 33.2 Å². The van der Waals surface area contributed by atoms with Gasteiger partial charge in [-0.15, -0.1) is 0 Å². The van der Waals surface area contributed by atoms with Gasteiger partial charge in [0.2, 0.25) is 0 Å². The van der Waals surface area contributed by atoms with Crippen molar-refractivity contribution in [1.29, 1.82) is 0 Å². The molecule has 0 bridgehead atoms. The normalized spacial score (nSPS) is 10.3. The summed E-state index contributed by atoms with van der Waals surface area (Å²) in [6, 6.07) is 11.4. The Kier molecular flexibility index (Phi) is 5.31. The lowest BCUT2D eigenvalue weighted by molar-refractivity contribution is 0.0796. The van der Waals surface area contributed by atoms with Gasteiger partial charge in [0.15, 0.2) is 0 Å². The molecule has 1 aromatic heterocycles. The highest BCUT2D eigenvalue weighted by Gasteiger charge is 2.13. The van der Waals surface area contributed by atoms with Crippen LogP contribution in [0.4, 0.5) is 0 Å². The minimum atomic E-state index is 0.00271. The molecule has 5 heteroatoms. The van der Waals surface area contributed by atoms with E-state index in [1.165, 1.54) is 0 Å². The van der Waals surface area contributed by atoms with E-state index in [-0.39, 0.29) is 5.91 Å². The van der Waals surface area contributed by atoms with Crippen molar-refractivity contribution in [3.8, 4) is 0 Å². The highest BCUT2D eigenvalue weighted by Crippen LogP contribution is 2.21. The Morgan fingerprint density at radius 2 is 1.90 bits per heavy atom. The average molecular weight is 398 g/mol. The lowest BCUT2D eigenvalue weighted by Gasteiger charge is -2.17. The van der Waals surface area contributed by atoms with Gasteiger partial charge >= 0.3 is 0 Å². The third-order valence-corrected chi connectivity index (χ3v) is 3.80. The van der Waals surface area contributed by atoms with Crippen LogP contribution in [-0.4, -0.2) is 29.4 Å². The predicted octanol–water partition coefficient (Wildman–Crippen LogP) is 3.92. The van der Waals surface area contributed by atoms with Crippen molar-refractivity contribution in [2.75, 3.05) is 13.6 Å². The van der Waals surface area contributed by atoms with Crippen LogP contribution in [0, 0.1) is 0 Å². The summed E-state index contributed by atoms with van der Waals surface area (Å²) in [6.07, 6.45) is 2.51. The van der Waals surface area contributed by atoms with Crippen LogP contribution < -0.4 is 0 Å². The number of carbonyl (C=O) groups is 1. The minimum absolute atomic E-state index is 0.00271. The summed E-state index contributed by atoms with van der Waals surface area (Å²) in [4.78, 5) is 18.3. The molecule has 2 aromatic rings. The standard InChI is InChI=1S/C15H14Br2N2O/c1-19(7-5-14-4-2-3-6-18-14)15(20)11-8-12(16)10-13(17)9-11/h2-4,6,8-10H,5,7H2,1H3. The number of aromatic nitrogens is 1. The molecule has 1 amide bonds. The summed E-state index contributed by atoms with van der Waals surface area (Å²) in [5.74, 6) is 0.00271. The number of halogens is 2.